The highest BCUT2D eigenvalue weighted by atomic mass is 32.1. The van der Waals surface area contributed by atoms with E-state index in [-0.39, 0.29) is 29.8 Å². The summed E-state index contributed by atoms with van der Waals surface area (Å²) in [6, 6.07) is 5.20. The van der Waals surface area contributed by atoms with Gasteiger partial charge in [-0.15, -0.1) is 0 Å². The second-order valence-corrected chi connectivity index (χ2v) is 6.48. The second-order valence-electron chi connectivity index (χ2n) is 5.53. The third-order valence-corrected chi connectivity index (χ3v) is 4.39. The van der Waals surface area contributed by atoms with Crippen molar-refractivity contribution in [2.75, 3.05) is 12.4 Å². The summed E-state index contributed by atoms with van der Waals surface area (Å²) in [6.07, 6.45) is -0.127. The predicted octanol–water partition coefficient (Wildman–Crippen LogP) is 2.78. The zero-order chi connectivity index (χ0) is 19.8. The molecule has 2 aromatic rings. The van der Waals surface area contributed by atoms with E-state index in [1.807, 2.05) is 0 Å². The number of aromatic nitrogens is 1. The minimum Gasteiger partial charge on any atom is -0.372 e. The van der Waals surface area contributed by atoms with E-state index in [2.05, 4.69) is 20.9 Å². The van der Waals surface area contributed by atoms with E-state index < -0.39 is 23.1 Å². The molecule has 0 aliphatic rings. The number of carbonyl (C=O) groups is 2. The number of benzene rings is 1. The van der Waals surface area contributed by atoms with Crippen LogP contribution in [-0.2, 0) is 22.6 Å². The number of urea groups is 1. The third-order valence-electron chi connectivity index (χ3n) is 3.59. The van der Waals surface area contributed by atoms with Crippen molar-refractivity contribution in [2.45, 2.75) is 32.5 Å². The first-order chi connectivity index (χ1) is 12.9. The molecule has 0 aliphatic carbocycles. The molecule has 0 saturated carbocycles. The first kappa shape index (κ1) is 20.7. The van der Waals surface area contributed by atoms with Gasteiger partial charge in [0.1, 0.15) is 17.6 Å². The topological polar surface area (TPSA) is 92.3 Å². The lowest BCUT2D eigenvalue weighted by atomic mass is 10.2. The Kier molecular flexibility index (Phi) is 7.62. The number of rotatable bonds is 8. The summed E-state index contributed by atoms with van der Waals surface area (Å²) < 4.78 is 32.0. The molecule has 0 saturated heterocycles. The fraction of sp³-hybridized carbons (Fsp3) is 0.353. The number of anilines is 1. The standard InChI is InChI=1S/C17H20F2N4O3S/c1-3-13(26-2)15(24)20-9-12-14(19)27-17(22-12)23-16(25)21-8-10-5-4-6-11(18)7-10/h4-7,13H,3,8-9H2,1-2H3,(H,20,24)(H2,21,22,23,25). The summed E-state index contributed by atoms with van der Waals surface area (Å²) in [7, 11) is 1.42. The Bertz CT molecular complexity index is 796. The number of carbonyl (C=O) groups excluding carboxylic acids is 2. The van der Waals surface area contributed by atoms with E-state index in [1.54, 1.807) is 13.0 Å². The van der Waals surface area contributed by atoms with Gasteiger partial charge in [-0.3, -0.25) is 10.1 Å². The Labute approximate surface area is 159 Å². The van der Waals surface area contributed by atoms with Crippen molar-refractivity contribution < 1.29 is 23.1 Å². The second kappa shape index (κ2) is 9.93. The number of thiazole rings is 1. The van der Waals surface area contributed by atoms with E-state index in [0.29, 0.717) is 23.3 Å². The van der Waals surface area contributed by atoms with Gasteiger partial charge < -0.3 is 15.4 Å². The molecule has 27 heavy (non-hydrogen) atoms. The van der Waals surface area contributed by atoms with Crippen LogP contribution in [0.15, 0.2) is 24.3 Å². The zero-order valence-corrected chi connectivity index (χ0v) is 15.7. The summed E-state index contributed by atoms with van der Waals surface area (Å²) in [6.45, 7) is 1.78. The molecule has 0 bridgehead atoms. The minimum atomic E-state index is -0.613. The normalized spacial score (nSPS) is 11.7. The predicted molar refractivity (Wildman–Crippen MR) is 97.3 cm³/mol. The maximum atomic E-state index is 13.9. The van der Waals surface area contributed by atoms with Crippen LogP contribution >= 0.6 is 11.3 Å². The van der Waals surface area contributed by atoms with Crippen molar-refractivity contribution in [3.05, 3.63) is 46.5 Å². The van der Waals surface area contributed by atoms with Crippen LogP contribution in [0.25, 0.3) is 0 Å². The number of nitrogens with one attached hydrogen (secondary N) is 3. The van der Waals surface area contributed by atoms with Gasteiger partial charge >= 0.3 is 6.03 Å². The lowest BCUT2D eigenvalue weighted by Crippen LogP contribution is -2.35. The molecule has 146 valence electrons. The molecule has 7 nitrogen and oxygen atoms in total. The van der Waals surface area contributed by atoms with Crippen molar-refractivity contribution in [2.24, 2.45) is 0 Å². The van der Waals surface area contributed by atoms with E-state index in [4.69, 9.17) is 4.74 Å². The average molecular weight is 398 g/mol. The van der Waals surface area contributed by atoms with Gasteiger partial charge in [-0.25, -0.2) is 14.2 Å². The lowest BCUT2D eigenvalue weighted by molar-refractivity contribution is -0.131. The molecule has 1 atom stereocenters. The van der Waals surface area contributed by atoms with Gasteiger partial charge in [0.15, 0.2) is 5.13 Å². The molecule has 0 fully saturated rings. The number of hydrogen-bond acceptors (Lipinski definition) is 5. The Morgan fingerprint density at radius 1 is 1.26 bits per heavy atom. The van der Waals surface area contributed by atoms with Crippen molar-refractivity contribution in [1.29, 1.82) is 0 Å². The third kappa shape index (κ3) is 6.26. The zero-order valence-electron chi connectivity index (χ0n) is 14.8. The minimum absolute atomic E-state index is 0.0136. The van der Waals surface area contributed by atoms with Crippen molar-refractivity contribution in [1.82, 2.24) is 15.6 Å². The van der Waals surface area contributed by atoms with Crippen molar-refractivity contribution in [3.63, 3.8) is 0 Å². The van der Waals surface area contributed by atoms with Gasteiger partial charge in [-0.2, -0.15) is 4.39 Å². The average Bonchev–Trinajstić information content (AvgIpc) is 2.98. The molecule has 1 heterocycles. The highest BCUT2D eigenvalue weighted by Gasteiger charge is 2.18. The molecule has 3 N–H and O–H groups in total. The summed E-state index contributed by atoms with van der Waals surface area (Å²) >= 11 is 0.646. The Morgan fingerprint density at radius 3 is 2.70 bits per heavy atom. The number of nitrogens with zero attached hydrogens (tertiary/aromatic N) is 1. The van der Waals surface area contributed by atoms with E-state index in [9.17, 15) is 18.4 Å². The Morgan fingerprint density at radius 2 is 2.04 bits per heavy atom. The summed E-state index contributed by atoms with van der Waals surface area (Å²) in [5.41, 5.74) is 0.599. The molecule has 0 radical (unpaired) electrons. The Hall–Kier alpha value is -2.59. The van der Waals surface area contributed by atoms with Crippen LogP contribution in [0.2, 0.25) is 0 Å². The largest absolute Gasteiger partial charge is 0.372 e. The van der Waals surface area contributed by atoms with E-state index in [0.717, 1.165) is 0 Å². The highest BCUT2D eigenvalue weighted by Crippen LogP contribution is 2.21. The molecule has 3 amide bonds. The van der Waals surface area contributed by atoms with Crippen LogP contribution in [0.4, 0.5) is 18.7 Å². The quantitative estimate of drug-likeness (QED) is 0.638. The van der Waals surface area contributed by atoms with Gasteiger partial charge in [-0.1, -0.05) is 30.4 Å². The molecular weight excluding hydrogens is 378 g/mol. The van der Waals surface area contributed by atoms with Gasteiger partial charge in [-0.05, 0) is 24.1 Å². The SMILES string of the molecule is CCC(OC)C(=O)NCc1nc(NC(=O)NCc2cccc(F)c2)sc1F. The van der Waals surface area contributed by atoms with Gasteiger partial charge in [0.05, 0.1) is 6.54 Å². The van der Waals surface area contributed by atoms with Crippen molar-refractivity contribution >= 4 is 28.4 Å². The number of methoxy groups -OCH3 is 1. The molecule has 1 aromatic heterocycles. The fourth-order valence-corrected chi connectivity index (χ4v) is 2.91. The maximum Gasteiger partial charge on any atom is 0.321 e. The summed E-state index contributed by atoms with van der Waals surface area (Å²) in [4.78, 5) is 27.7. The van der Waals surface area contributed by atoms with Crippen LogP contribution in [0.3, 0.4) is 0 Å². The smallest absolute Gasteiger partial charge is 0.321 e. The molecular formula is C17H20F2N4O3S. The van der Waals surface area contributed by atoms with Crippen LogP contribution in [-0.4, -0.2) is 30.1 Å². The maximum absolute atomic E-state index is 13.9. The molecule has 1 unspecified atom stereocenters. The van der Waals surface area contributed by atoms with Gasteiger partial charge in [0.2, 0.25) is 11.0 Å². The van der Waals surface area contributed by atoms with Crippen LogP contribution in [0.1, 0.15) is 24.6 Å². The first-order valence-corrected chi connectivity index (χ1v) is 8.99. The lowest BCUT2D eigenvalue weighted by Gasteiger charge is -2.12. The number of amides is 3. The molecule has 1 aromatic carbocycles. The van der Waals surface area contributed by atoms with Gasteiger partial charge in [0.25, 0.3) is 0 Å². The Balaban J connectivity index is 1.86. The highest BCUT2D eigenvalue weighted by molar-refractivity contribution is 7.14. The number of halogens is 2. The van der Waals surface area contributed by atoms with Crippen molar-refractivity contribution in [3.8, 4) is 0 Å². The fourth-order valence-electron chi connectivity index (χ4n) is 2.21. The van der Waals surface area contributed by atoms with Crippen LogP contribution in [0, 0.1) is 10.9 Å². The molecule has 0 aliphatic heterocycles. The molecule has 0 spiro atoms. The molecule has 2 rings (SSSR count). The summed E-state index contributed by atoms with van der Waals surface area (Å²) in [5, 5.41) is 6.91. The number of ether oxygens (including phenoxy) is 1. The molecule has 10 heteroatoms. The van der Waals surface area contributed by atoms with Gasteiger partial charge in [0, 0.05) is 13.7 Å². The number of hydrogen-bond donors (Lipinski definition) is 3. The van der Waals surface area contributed by atoms with Crippen LogP contribution in [0.5, 0.6) is 0 Å². The van der Waals surface area contributed by atoms with E-state index >= 15 is 0 Å². The monoisotopic (exact) mass is 398 g/mol. The van der Waals surface area contributed by atoms with Crippen LogP contribution < -0.4 is 16.0 Å². The summed E-state index contributed by atoms with van der Waals surface area (Å²) in [5.74, 6) is -0.767. The van der Waals surface area contributed by atoms with E-state index in [1.165, 1.54) is 25.3 Å². The first-order valence-electron chi connectivity index (χ1n) is 8.18.